The van der Waals surface area contributed by atoms with Crippen LogP contribution in [0.2, 0.25) is 0 Å². The average Bonchev–Trinajstić information content (AvgIpc) is 2.34. The first kappa shape index (κ1) is 15.7. The van der Waals surface area contributed by atoms with Crippen LogP contribution in [-0.2, 0) is 14.3 Å². The largest absolute Gasteiger partial charge is 0.467 e. The molecule has 0 heterocycles. The van der Waals surface area contributed by atoms with Gasteiger partial charge in [0, 0.05) is 0 Å². The Morgan fingerprint density at radius 3 is 2.47 bits per heavy atom. The lowest BCUT2D eigenvalue weighted by molar-refractivity contribution is -0.146. The van der Waals surface area contributed by atoms with E-state index in [0.717, 1.165) is 19.3 Å². The highest BCUT2D eigenvalue weighted by Crippen LogP contribution is 2.09. The first-order chi connectivity index (χ1) is 8.06. The van der Waals surface area contributed by atoms with E-state index >= 15 is 0 Å². The van der Waals surface area contributed by atoms with E-state index in [1.165, 1.54) is 13.2 Å². The van der Waals surface area contributed by atoms with Gasteiger partial charge in [-0.05, 0) is 18.4 Å². The Morgan fingerprint density at radius 2 is 2.00 bits per heavy atom. The van der Waals surface area contributed by atoms with Crippen LogP contribution in [0.5, 0.6) is 0 Å². The standard InChI is InChI=1S/C13H23NO3/c1-5-7-8-9-11(15)14-12(10(3)6-2)13(16)17-4/h8-10,12H,5-7H2,1-4H3,(H,14,15)/b9-8+/t10-,12-/m0/s1. The molecule has 17 heavy (non-hydrogen) atoms. The van der Waals surface area contributed by atoms with E-state index in [1.54, 1.807) is 6.08 Å². The minimum Gasteiger partial charge on any atom is -0.467 e. The molecule has 0 aliphatic heterocycles. The maximum atomic E-state index is 11.6. The second-order valence-corrected chi connectivity index (χ2v) is 4.09. The number of esters is 1. The number of carbonyl (C=O) groups is 2. The molecule has 98 valence electrons. The van der Waals surface area contributed by atoms with E-state index in [9.17, 15) is 9.59 Å². The molecule has 0 aliphatic carbocycles. The van der Waals surface area contributed by atoms with E-state index in [-0.39, 0.29) is 11.8 Å². The Balaban J connectivity index is 4.43. The summed E-state index contributed by atoms with van der Waals surface area (Å²) < 4.78 is 4.68. The van der Waals surface area contributed by atoms with Crippen molar-refractivity contribution in [2.24, 2.45) is 5.92 Å². The van der Waals surface area contributed by atoms with Gasteiger partial charge in [-0.2, -0.15) is 0 Å². The summed E-state index contributed by atoms with van der Waals surface area (Å²) in [6.07, 6.45) is 5.94. The molecule has 1 N–H and O–H groups in total. The van der Waals surface area contributed by atoms with Crippen LogP contribution in [0.4, 0.5) is 0 Å². The maximum absolute atomic E-state index is 11.6. The van der Waals surface area contributed by atoms with Crippen molar-refractivity contribution < 1.29 is 14.3 Å². The molecule has 0 bridgehead atoms. The van der Waals surface area contributed by atoms with Gasteiger partial charge in [0.25, 0.3) is 0 Å². The number of nitrogens with one attached hydrogen (secondary N) is 1. The highest BCUT2D eigenvalue weighted by molar-refractivity contribution is 5.91. The number of hydrogen-bond acceptors (Lipinski definition) is 3. The van der Waals surface area contributed by atoms with Crippen molar-refractivity contribution in [3.05, 3.63) is 12.2 Å². The summed E-state index contributed by atoms with van der Waals surface area (Å²) in [4.78, 5) is 23.1. The lowest BCUT2D eigenvalue weighted by Crippen LogP contribution is -2.45. The number of ether oxygens (including phenoxy) is 1. The Bertz CT molecular complexity index is 274. The summed E-state index contributed by atoms with van der Waals surface area (Å²) in [5, 5.41) is 2.68. The van der Waals surface area contributed by atoms with Crippen LogP contribution >= 0.6 is 0 Å². The molecule has 0 radical (unpaired) electrons. The molecular formula is C13H23NO3. The second kappa shape index (κ2) is 8.79. The van der Waals surface area contributed by atoms with Gasteiger partial charge in [-0.25, -0.2) is 4.79 Å². The molecule has 0 aromatic carbocycles. The molecule has 0 saturated heterocycles. The summed E-state index contributed by atoms with van der Waals surface area (Å²) in [5.74, 6) is -0.572. The Hall–Kier alpha value is -1.32. The number of carbonyl (C=O) groups excluding carboxylic acids is 2. The molecule has 2 atom stereocenters. The normalized spacial score (nSPS) is 14.4. The zero-order chi connectivity index (χ0) is 13.3. The summed E-state index contributed by atoms with van der Waals surface area (Å²) in [6.45, 7) is 5.93. The highest BCUT2D eigenvalue weighted by Gasteiger charge is 2.25. The topological polar surface area (TPSA) is 55.4 Å². The van der Waals surface area contributed by atoms with Crippen molar-refractivity contribution >= 4 is 11.9 Å². The summed E-state index contributed by atoms with van der Waals surface area (Å²) in [5.41, 5.74) is 0. The van der Waals surface area contributed by atoms with Gasteiger partial charge in [0.15, 0.2) is 0 Å². The van der Waals surface area contributed by atoms with Gasteiger partial charge in [-0.1, -0.05) is 39.7 Å². The molecule has 0 spiro atoms. The number of methoxy groups -OCH3 is 1. The molecule has 0 aromatic rings. The molecule has 0 rings (SSSR count). The zero-order valence-electron chi connectivity index (χ0n) is 11.2. The molecule has 4 heteroatoms. The molecule has 0 unspecified atom stereocenters. The summed E-state index contributed by atoms with van der Waals surface area (Å²) in [7, 11) is 1.33. The predicted molar refractivity (Wildman–Crippen MR) is 67.4 cm³/mol. The molecule has 1 amide bonds. The third-order valence-electron chi connectivity index (χ3n) is 2.69. The van der Waals surface area contributed by atoms with Crippen molar-refractivity contribution in [1.82, 2.24) is 5.32 Å². The maximum Gasteiger partial charge on any atom is 0.328 e. The van der Waals surface area contributed by atoms with Crippen LogP contribution < -0.4 is 5.32 Å². The van der Waals surface area contributed by atoms with Gasteiger partial charge in [-0.3, -0.25) is 4.79 Å². The van der Waals surface area contributed by atoms with E-state index in [4.69, 9.17) is 0 Å². The fraction of sp³-hybridized carbons (Fsp3) is 0.692. The van der Waals surface area contributed by atoms with Gasteiger partial charge < -0.3 is 10.1 Å². The van der Waals surface area contributed by atoms with Gasteiger partial charge in [0.05, 0.1) is 7.11 Å². The van der Waals surface area contributed by atoms with Gasteiger partial charge in [0.2, 0.25) is 5.91 Å². The molecule has 0 aromatic heterocycles. The minimum atomic E-state index is -0.566. The van der Waals surface area contributed by atoms with E-state index < -0.39 is 12.0 Å². The van der Waals surface area contributed by atoms with Crippen LogP contribution in [0.3, 0.4) is 0 Å². The van der Waals surface area contributed by atoms with Crippen LogP contribution in [0.1, 0.15) is 40.0 Å². The Labute approximate surface area is 103 Å². The fourth-order valence-electron chi connectivity index (χ4n) is 1.35. The molecular weight excluding hydrogens is 218 g/mol. The zero-order valence-corrected chi connectivity index (χ0v) is 11.2. The average molecular weight is 241 g/mol. The third-order valence-corrected chi connectivity index (χ3v) is 2.69. The van der Waals surface area contributed by atoms with Crippen molar-refractivity contribution in [2.75, 3.05) is 7.11 Å². The van der Waals surface area contributed by atoms with Gasteiger partial charge in [0.1, 0.15) is 6.04 Å². The van der Waals surface area contributed by atoms with Crippen molar-refractivity contribution in [2.45, 2.75) is 46.1 Å². The minimum absolute atomic E-state index is 0.0611. The predicted octanol–water partition coefficient (Wildman–Crippen LogP) is 2.05. The van der Waals surface area contributed by atoms with Crippen molar-refractivity contribution in [3.8, 4) is 0 Å². The van der Waals surface area contributed by atoms with Crippen LogP contribution in [0.25, 0.3) is 0 Å². The first-order valence-corrected chi connectivity index (χ1v) is 6.11. The molecule has 4 nitrogen and oxygen atoms in total. The number of allylic oxidation sites excluding steroid dienone is 1. The number of amides is 1. The van der Waals surface area contributed by atoms with E-state index in [2.05, 4.69) is 10.1 Å². The van der Waals surface area contributed by atoms with E-state index in [1.807, 2.05) is 20.8 Å². The van der Waals surface area contributed by atoms with Crippen LogP contribution in [0.15, 0.2) is 12.2 Å². The summed E-state index contributed by atoms with van der Waals surface area (Å²) >= 11 is 0. The molecule has 0 fully saturated rings. The molecule has 0 saturated carbocycles. The number of rotatable bonds is 7. The molecule has 0 aliphatic rings. The fourth-order valence-corrected chi connectivity index (χ4v) is 1.35. The van der Waals surface area contributed by atoms with Crippen LogP contribution in [-0.4, -0.2) is 25.0 Å². The lowest BCUT2D eigenvalue weighted by atomic mass is 9.99. The second-order valence-electron chi connectivity index (χ2n) is 4.09. The van der Waals surface area contributed by atoms with E-state index in [0.29, 0.717) is 0 Å². The highest BCUT2D eigenvalue weighted by atomic mass is 16.5. The quantitative estimate of drug-likeness (QED) is 0.548. The monoisotopic (exact) mass is 241 g/mol. The van der Waals surface area contributed by atoms with Gasteiger partial charge >= 0.3 is 5.97 Å². The lowest BCUT2D eigenvalue weighted by Gasteiger charge is -2.20. The SMILES string of the molecule is CCC/C=C/C(=O)N[C@H](C(=O)OC)[C@@H](C)CC. The number of unbranched alkanes of at least 4 members (excludes halogenated alkanes) is 1. The third kappa shape index (κ3) is 6.09. The smallest absolute Gasteiger partial charge is 0.328 e. The Morgan fingerprint density at radius 1 is 1.35 bits per heavy atom. The Kier molecular flexibility index (Phi) is 8.11. The summed E-state index contributed by atoms with van der Waals surface area (Å²) in [6, 6.07) is -0.566. The number of hydrogen-bond donors (Lipinski definition) is 1. The van der Waals surface area contributed by atoms with Crippen molar-refractivity contribution in [1.29, 1.82) is 0 Å². The van der Waals surface area contributed by atoms with Crippen LogP contribution in [0, 0.1) is 5.92 Å². The first-order valence-electron chi connectivity index (χ1n) is 6.11. The van der Waals surface area contributed by atoms with Gasteiger partial charge in [-0.15, -0.1) is 0 Å². The van der Waals surface area contributed by atoms with Crippen molar-refractivity contribution in [3.63, 3.8) is 0 Å².